The normalized spacial score (nSPS) is 12.4. The summed E-state index contributed by atoms with van der Waals surface area (Å²) in [6.45, 7) is 0. The highest BCUT2D eigenvalue weighted by Gasteiger charge is 2.73. The fourth-order valence-corrected chi connectivity index (χ4v) is 10.2. The molecule has 0 heterocycles. The van der Waals surface area contributed by atoms with E-state index in [2.05, 4.69) is 0 Å². The maximum Gasteiger partial charge on any atom is 0.411 e. The Morgan fingerprint density at radius 2 is 0.567 bits per heavy atom. The Morgan fingerprint density at radius 1 is 0.343 bits per heavy atom. The van der Waals surface area contributed by atoms with Crippen LogP contribution in [0.5, 0.6) is 11.5 Å². The van der Waals surface area contributed by atoms with Crippen LogP contribution in [0.25, 0.3) is 44.5 Å². The zero-order valence-corrected chi connectivity index (χ0v) is 36.7. The first-order chi connectivity index (χ1) is 32.0. The Morgan fingerprint density at radius 3 is 0.791 bits per heavy atom. The smallest absolute Gasteiger partial charge is 0.381 e. The minimum atomic E-state index is -6.18. The van der Waals surface area contributed by atoms with E-state index in [4.69, 9.17) is 8.37 Å². The van der Waals surface area contributed by atoms with Crippen LogP contribution in [0.3, 0.4) is 0 Å². The summed E-state index contributed by atoms with van der Waals surface area (Å²) in [6, 6.07) is 48.1. The van der Waals surface area contributed by atoms with Crippen molar-refractivity contribution < 1.29 is 51.5 Å². The summed E-state index contributed by atoms with van der Waals surface area (Å²) in [5, 5.41) is 0. The molecule has 0 aliphatic rings. The second-order valence-corrected chi connectivity index (χ2v) is 18.7. The Labute approximate surface area is 384 Å². The van der Waals surface area contributed by atoms with Gasteiger partial charge in [-0.05, 0) is 68.8 Å². The Bertz CT molecular complexity index is 2870. The van der Waals surface area contributed by atoms with E-state index in [0.717, 1.165) is 0 Å². The predicted octanol–water partition coefficient (Wildman–Crippen LogP) is 13.6. The minimum Gasteiger partial charge on any atom is -0.381 e. The van der Waals surface area contributed by atoms with Gasteiger partial charge in [-0.2, -0.15) is 43.2 Å². The van der Waals surface area contributed by atoms with Crippen molar-refractivity contribution in [3.05, 3.63) is 229 Å². The van der Waals surface area contributed by atoms with E-state index in [-0.39, 0.29) is 44.5 Å². The largest absolute Gasteiger partial charge is 0.411 e. The summed E-state index contributed by atoms with van der Waals surface area (Å²) in [5.74, 6) is -2.35. The highest BCUT2D eigenvalue weighted by molar-refractivity contribution is 7.86. The van der Waals surface area contributed by atoms with Crippen LogP contribution in [-0.2, 0) is 37.2 Å². The SMILES string of the molecule is O=S(=O)(Cc1ccccc1)Oc1c(-c2ccccc2)cc(C(c2cc(-c3ccccc3)c(OS(=O)(=O)Cc3ccccc3)c(-c3ccccc3)c2)(C(F)(F)F)C(F)(F)F)cc1-c1ccccc1. The van der Waals surface area contributed by atoms with Crippen LogP contribution in [-0.4, -0.2) is 29.2 Å². The van der Waals surface area contributed by atoms with Crippen LogP contribution in [0.15, 0.2) is 206 Å². The highest BCUT2D eigenvalue weighted by Crippen LogP contribution is 2.60. The van der Waals surface area contributed by atoms with Crippen molar-refractivity contribution in [3.63, 3.8) is 0 Å². The molecule has 8 aromatic rings. The number of alkyl halides is 6. The average molecular weight is 949 g/mol. The first-order valence-electron chi connectivity index (χ1n) is 20.6. The lowest BCUT2D eigenvalue weighted by atomic mass is 9.70. The van der Waals surface area contributed by atoms with Gasteiger partial charge in [-0.3, -0.25) is 0 Å². The molecule has 8 aromatic carbocycles. The molecule has 0 aliphatic heterocycles. The van der Waals surface area contributed by atoms with Crippen molar-refractivity contribution in [2.45, 2.75) is 29.3 Å². The quantitative estimate of drug-likeness (QED) is 0.0797. The standard InChI is InChI=1S/C53H38F6O6S2/c54-52(55,56)51(53(57,58)59,43-31-45(39-23-11-3-12-24-39)49(46(32-43)40-25-13-4-14-26-40)64-66(60,61)35-37-19-7-1-8-20-37)44-33-47(41-27-15-5-16-28-41)50(48(34-44)42-29-17-6-18-30-42)65-67(62,63)36-38-21-9-2-10-22-38/h1-34H,35-36H2. The molecule has 0 atom stereocenters. The molecule has 0 saturated heterocycles. The lowest BCUT2D eigenvalue weighted by Crippen LogP contribution is -2.54. The topological polar surface area (TPSA) is 86.7 Å². The molecule has 0 amide bonds. The molecular formula is C53H38F6O6S2. The van der Waals surface area contributed by atoms with Crippen LogP contribution < -0.4 is 8.37 Å². The zero-order chi connectivity index (χ0) is 47.5. The lowest BCUT2D eigenvalue weighted by Gasteiger charge is -2.39. The molecule has 0 aliphatic carbocycles. The van der Waals surface area contributed by atoms with E-state index in [1.54, 1.807) is 60.7 Å². The van der Waals surface area contributed by atoms with E-state index >= 15 is 26.3 Å². The second-order valence-electron chi connectivity index (χ2n) is 15.6. The molecule has 0 spiro atoms. The van der Waals surface area contributed by atoms with Gasteiger partial charge in [-0.15, -0.1) is 0 Å². The average Bonchev–Trinajstić information content (AvgIpc) is 3.30. The second kappa shape index (κ2) is 18.6. The number of hydrogen-bond acceptors (Lipinski definition) is 6. The van der Waals surface area contributed by atoms with Gasteiger partial charge in [0.25, 0.3) is 0 Å². The van der Waals surface area contributed by atoms with Crippen molar-refractivity contribution in [3.8, 4) is 56.0 Å². The lowest BCUT2D eigenvalue weighted by molar-refractivity contribution is -0.288. The van der Waals surface area contributed by atoms with E-state index < -0.39 is 72.1 Å². The molecule has 8 rings (SSSR count). The Balaban J connectivity index is 1.47. The molecule has 0 fully saturated rings. The zero-order valence-electron chi connectivity index (χ0n) is 35.1. The van der Waals surface area contributed by atoms with Crippen molar-refractivity contribution in [1.82, 2.24) is 0 Å². The number of halogens is 6. The highest BCUT2D eigenvalue weighted by atomic mass is 32.2. The summed E-state index contributed by atoms with van der Waals surface area (Å²) >= 11 is 0. The van der Waals surface area contributed by atoms with Gasteiger partial charge in [0.15, 0.2) is 11.5 Å². The van der Waals surface area contributed by atoms with Crippen molar-refractivity contribution in [1.29, 1.82) is 0 Å². The van der Waals surface area contributed by atoms with Gasteiger partial charge in [-0.25, -0.2) is 0 Å². The molecule has 0 aromatic heterocycles. The minimum absolute atomic E-state index is 0.0482. The summed E-state index contributed by atoms with van der Waals surface area (Å²) in [7, 11) is -9.25. The first-order valence-corrected chi connectivity index (χ1v) is 23.8. The fourth-order valence-electron chi connectivity index (χ4n) is 8.05. The molecule has 0 saturated carbocycles. The van der Waals surface area contributed by atoms with E-state index in [1.165, 1.54) is 121 Å². The van der Waals surface area contributed by atoms with E-state index in [1.807, 2.05) is 0 Å². The molecule has 0 N–H and O–H groups in total. The van der Waals surface area contributed by atoms with Crippen LogP contribution in [0, 0.1) is 0 Å². The van der Waals surface area contributed by atoms with Crippen LogP contribution in [0.1, 0.15) is 22.3 Å². The van der Waals surface area contributed by atoms with E-state index in [9.17, 15) is 16.8 Å². The molecule has 0 radical (unpaired) electrons. The van der Waals surface area contributed by atoms with Gasteiger partial charge >= 0.3 is 32.6 Å². The number of hydrogen-bond donors (Lipinski definition) is 0. The third-order valence-electron chi connectivity index (χ3n) is 11.0. The fraction of sp³-hybridized carbons (Fsp3) is 0.0943. The van der Waals surface area contributed by atoms with Gasteiger partial charge in [0, 0.05) is 22.3 Å². The summed E-state index contributed by atoms with van der Waals surface area (Å²) in [4.78, 5) is 0. The van der Waals surface area contributed by atoms with Crippen molar-refractivity contribution >= 4 is 20.2 Å². The van der Waals surface area contributed by atoms with Crippen LogP contribution >= 0.6 is 0 Å². The van der Waals surface area contributed by atoms with Gasteiger partial charge in [0.05, 0.1) is 0 Å². The predicted molar refractivity (Wildman–Crippen MR) is 247 cm³/mol. The van der Waals surface area contributed by atoms with Crippen LogP contribution in [0.4, 0.5) is 26.3 Å². The van der Waals surface area contributed by atoms with Gasteiger partial charge in [0.2, 0.25) is 5.41 Å². The summed E-state index contributed by atoms with van der Waals surface area (Å²) < 4.78 is 167. The molecule has 340 valence electrons. The summed E-state index contributed by atoms with van der Waals surface area (Å²) in [6.07, 6.45) is -12.4. The molecule has 67 heavy (non-hydrogen) atoms. The molecular weight excluding hydrogens is 911 g/mol. The van der Waals surface area contributed by atoms with E-state index in [0.29, 0.717) is 35.4 Å². The molecule has 6 nitrogen and oxygen atoms in total. The van der Waals surface area contributed by atoms with Gasteiger partial charge < -0.3 is 8.37 Å². The number of benzene rings is 8. The maximum atomic E-state index is 16.6. The molecule has 0 bridgehead atoms. The van der Waals surface area contributed by atoms with Gasteiger partial charge in [0.1, 0.15) is 11.5 Å². The molecule has 14 heteroatoms. The maximum absolute atomic E-state index is 16.6. The Hall–Kier alpha value is -7.16. The number of rotatable bonds is 14. The van der Waals surface area contributed by atoms with Gasteiger partial charge in [-0.1, -0.05) is 182 Å². The molecule has 0 unspecified atom stereocenters. The van der Waals surface area contributed by atoms with Crippen LogP contribution in [0.2, 0.25) is 0 Å². The van der Waals surface area contributed by atoms with Crippen molar-refractivity contribution in [2.24, 2.45) is 0 Å². The van der Waals surface area contributed by atoms with Crippen molar-refractivity contribution in [2.75, 3.05) is 0 Å². The monoisotopic (exact) mass is 948 g/mol. The Kier molecular flexibility index (Phi) is 12.9. The summed E-state index contributed by atoms with van der Waals surface area (Å²) in [5.41, 5.74) is -8.26. The third-order valence-corrected chi connectivity index (χ3v) is 13.2. The first kappa shape index (κ1) is 46.4. The third kappa shape index (κ3) is 9.86.